The molecule has 1 rings (SSSR count). The number of ether oxygens (including phenoxy) is 2. The van der Waals surface area contributed by atoms with Crippen LogP contribution in [-0.4, -0.2) is 13.0 Å². The Labute approximate surface area is 117 Å². The van der Waals surface area contributed by atoms with E-state index >= 15 is 0 Å². The molecule has 114 valence electrons. The number of halogens is 3. The van der Waals surface area contributed by atoms with E-state index in [2.05, 4.69) is 11.7 Å². The predicted molar refractivity (Wildman–Crippen MR) is 72.0 cm³/mol. The van der Waals surface area contributed by atoms with Crippen LogP contribution in [0, 0.1) is 0 Å². The van der Waals surface area contributed by atoms with E-state index in [1.165, 1.54) is 43.9 Å². The van der Waals surface area contributed by atoms with Crippen molar-refractivity contribution in [1.82, 2.24) is 0 Å². The Morgan fingerprint density at radius 2 is 1.60 bits per heavy atom. The lowest BCUT2D eigenvalue weighted by molar-refractivity contribution is -0.274. The van der Waals surface area contributed by atoms with Crippen molar-refractivity contribution in [2.45, 2.75) is 51.8 Å². The minimum atomic E-state index is -4.67. The zero-order valence-electron chi connectivity index (χ0n) is 11.7. The first-order chi connectivity index (χ1) is 9.51. The molecule has 1 aromatic carbocycles. The molecule has 0 saturated carbocycles. The van der Waals surface area contributed by atoms with E-state index in [4.69, 9.17) is 4.74 Å². The molecule has 0 aliphatic rings. The molecule has 0 aliphatic heterocycles. The van der Waals surface area contributed by atoms with Gasteiger partial charge in [0.2, 0.25) is 0 Å². The zero-order valence-corrected chi connectivity index (χ0v) is 11.7. The van der Waals surface area contributed by atoms with E-state index in [1.807, 2.05) is 0 Å². The fraction of sp³-hybridized carbons (Fsp3) is 0.600. The predicted octanol–water partition coefficient (Wildman–Crippen LogP) is 5.32. The van der Waals surface area contributed by atoms with Gasteiger partial charge in [-0.3, -0.25) is 0 Å². The lowest BCUT2D eigenvalue weighted by atomic mass is 10.1. The Morgan fingerprint density at radius 1 is 0.950 bits per heavy atom. The largest absolute Gasteiger partial charge is 0.573 e. The van der Waals surface area contributed by atoms with Crippen molar-refractivity contribution in [3.63, 3.8) is 0 Å². The molecule has 0 saturated heterocycles. The monoisotopic (exact) mass is 290 g/mol. The van der Waals surface area contributed by atoms with Crippen LogP contribution in [0.5, 0.6) is 11.5 Å². The first-order valence-corrected chi connectivity index (χ1v) is 7.00. The molecule has 0 N–H and O–H groups in total. The highest BCUT2D eigenvalue weighted by Crippen LogP contribution is 2.26. The Hall–Kier alpha value is -1.39. The molecule has 0 spiro atoms. The van der Waals surface area contributed by atoms with Crippen molar-refractivity contribution < 1.29 is 22.6 Å². The molecule has 0 unspecified atom stereocenters. The van der Waals surface area contributed by atoms with Gasteiger partial charge in [0.1, 0.15) is 11.5 Å². The Kier molecular flexibility index (Phi) is 7.26. The summed E-state index contributed by atoms with van der Waals surface area (Å²) in [6.45, 7) is 2.68. The van der Waals surface area contributed by atoms with Gasteiger partial charge in [-0.1, -0.05) is 45.1 Å². The Bertz CT molecular complexity index is 378. The molecule has 5 heteroatoms. The zero-order chi connectivity index (χ0) is 14.8. The van der Waals surface area contributed by atoms with Gasteiger partial charge in [-0.2, -0.15) is 0 Å². The van der Waals surface area contributed by atoms with Gasteiger partial charge in [0.05, 0.1) is 6.61 Å². The average Bonchev–Trinajstić information content (AvgIpc) is 2.36. The van der Waals surface area contributed by atoms with Gasteiger partial charge in [0, 0.05) is 6.07 Å². The van der Waals surface area contributed by atoms with Crippen molar-refractivity contribution in [1.29, 1.82) is 0 Å². The Balaban J connectivity index is 2.25. The summed E-state index contributed by atoms with van der Waals surface area (Å²) in [5, 5.41) is 0. The average molecular weight is 290 g/mol. The van der Waals surface area contributed by atoms with Crippen LogP contribution in [-0.2, 0) is 0 Å². The summed E-state index contributed by atoms with van der Waals surface area (Å²) >= 11 is 0. The van der Waals surface area contributed by atoms with Crippen molar-refractivity contribution in [2.24, 2.45) is 0 Å². The fourth-order valence-electron chi connectivity index (χ4n) is 1.83. The van der Waals surface area contributed by atoms with Gasteiger partial charge in [0.25, 0.3) is 0 Å². The Morgan fingerprint density at radius 3 is 2.30 bits per heavy atom. The van der Waals surface area contributed by atoms with Crippen LogP contribution < -0.4 is 9.47 Å². The SMILES string of the molecule is CCCCCCCCOc1cccc(OC(F)(F)F)c1. The second-order valence-electron chi connectivity index (χ2n) is 4.64. The lowest BCUT2D eigenvalue weighted by Crippen LogP contribution is -2.17. The molecule has 0 heterocycles. The maximum absolute atomic E-state index is 12.1. The van der Waals surface area contributed by atoms with Crippen molar-refractivity contribution >= 4 is 0 Å². The highest BCUT2D eigenvalue weighted by molar-refractivity contribution is 5.33. The van der Waals surface area contributed by atoms with Gasteiger partial charge in [-0.15, -0.1) is 13.2 Å². The van der Waals surface area contributed by atoms with Crippen molar-refractivity contribution in [2.75, 3.05) is 6.61 Å². The third-order valence-corrected chi connectivity index (χ3v) is 2.81. The minimum Gasteiger partial charge on any atom is -0.493 e. The number of rotatable bonds is 9. The van der Waals surface area contributed by atoms with Crippen molar-refractivity contribution in [3.05, 3.63) is 24.3 Å². The molecule has 1 aromatic rings. The molecule has 0 amide bonds. The molecule has 0 atom stereocenters. The number of alkyl halides is 3. The number of hydrogen-bond donors (Lipinski definition) is 0. The fourth-order valence-corrected chi connectivity index (χ4v) is 1.83. The molecule has 0 fully saturated rings. The van der Waals surface area contributed by atoms with E-state index in [0.29, 0.717) is 12.4 Å². The quantitative estimate of drug-likeness (QED) is 0.573. The molecule has 20 heavy (non-hydrogen) atoms. The maximum Gasteiger partial charge on any atom is 0.573 e. The lowest BCUT2D eigenvalue weighted by Gasteiger charge is -2.11. The number of hydrogen-bond acceptors (Lipinski definition) is 2. The van der Waals surface area contributed by atoms with Crippen LogP contribution in [0.15, 0.2) is 24.3 Å². The summed E-state index contributed by atoms with van der Waals surface area (Å²) < 4.78 is 45.4. The summed E-state index contributed by atoms with van der Waals surface area (Å²) in [6.07, 6.45) is 2.19. The summed E-state index contributed by atoms with van der Waals surface area (Å²) in [5.41, 5.74) is 0. The van der Waals surface area contributed by atoms with Gasteiger partial charge < -0.3 is 9.47 Å². The van der Waals surface area contributed by atoms with Crippen molar-refractivity contribution in [3.8, 4) is 11.5 Å². The number of unbranched alkanes of at least 4 members (excludes halogenated alkanes) is 5. The third kappa shape index (κ3) is 7.92. The van der Waals surface area contributed by atoms with Crippen LogP contribution in [0.2, 0.25) is 0 Å². The topological polar surface area (TPSA) is 18.5 Å². The summed E-state index contributed by atoms with van der Waals surface area (Å²) in [5.74, 6) is 0.151. The van der Waals surface area contributed by atoms with Crippen LogP contribution >= 0.6 is 0 Å². The van der Waals surface area contributed by atoms with Gasteiger partial charge in [0.15, 0.2) is 0 Å². The first kappa shape index (κ1) is 16.7. The van der Waals surface area contributed by atoms with E-state index in [1.54, 1.807) is 6.07 Å². The van der Waals surface area contributed by atoms with E-state index in [0.717, 1.165) is 12.8 Å². The highest BCUT2D eigenvalue weighted by atomic mass is 19.4. The van der Waals surface area contributed by atoms with E-state index in [9.17, 15) is 13.2 Å². The minimum absolute atomic E-state index is 0.252. The van der Waals surface area contributed by atoms with Gasteiger partial charge in [-0.25, -0.2) is 0 Å². The summed E-state index contributed by atoms with van der Waals surface area (Å²) in [6, 6.07) is 5.62. The van der Waals surface area contributed by atoms with Gasteiger partial charge >= 0.3 is 6.36 Å². The van der Waals surface area contributed by atoms with Gasteiger partial charge in [-0.05, 0) is 18.6 Å². The molecule has 0 radical (unpaired) electrons. The van der Waals surface area contributed by atoms with Crippen LogP contribution in [0.25, 0.3) is 0 Å². The second-order valence-corrected chi connectivity index (χ2v) is 4.64. The molecular formula is C15H21F3O2. The van der Waals surface area contributed by atoms with E-state index in [-0.39, 0.29) is 5.75 Å². The molecular weight excluding hydrogens is 269 g/mol. The number of benzene rings is 1. The summed E-state index contributed by atoms with van der Waals surface area (Å²) in [4.78, 5) is 0. The smallest absolute Gasteiger partial charge is 0.493 e. The second kappa shape index (κ2) is 8.72. The summed E-state index contributed by atoms with van der Waals surface area (Å²) in [7, 11) is 0. The molecule has 2 nitrogen and oxygen atoms in total. The van der Waals surface area contributed by atoms with Crippen LogP contribution in [0.1, 0.15) is 45.4 Å². The van der Waals surface area contributed by atoms with Crippen LogP contribution in [0.3, 0.4) is 0 Å². The standard InChI is InChI=1S/C15H21F3O2/c1-2-3-4-5-6-7-11-19-13-9-8-10-14(12-13)20-15(16,17)18/h8-10,12H,2-7,11H2,1H3. The molecule has 0 aliphatic carbocycles. The normalized spacial score (nSPS) is 11.4. The molecule has 0 bridgehead atoms. The van der Waals surface area contributed by atoms with E-state index < -0.39 is 6.36 Å². The highest BCUT2D eigenvalue weighted by Gasteiger charge is 2.31. The third-order valence-electron chi connectivity index (χ3n) is 2.81. The molecule has 0 aromatic heterocycles. The maximum atomic E-state index is 12.1. The first-order valence-electron chi connectivity index (χ1n) is 7.00. The van der Waals surface area contributed by atoms with Crippen LogP contribution in [0.4, 0.5) is 13.2 Å².